The van der Waals surface area contributed by atoms with Crippen LogP contribution >= 0.6 is 11.3 Å². The maximum absolute atomic E-state index is 5.49. The van der Waals surface area contributed by atoms with Gasteiger partial charge in [-0.25, -0.2) is 9.97 Å². The summed E-state index contributed by atoms with van der Waals surface area (Å²) >= 11 is 1.92. The van der Waals surface area contributed by atoms with Crippen LogP contribution in [0.2, 0.25) is 0 Å². The fourth-order valence-corrected chi connectivity index (χ4v) is 12.6. The van der Waals surface area contributed by atoms with Gasteiger partial charge in [0.1, 0.15) is 0 Å². The molecule has 14 rings (SSSR count). The van der Waals surface area contributed by atoms with Crippen molar-refractivity contribution in [2.24, 2.45) is 0 Å². The van der Waals surface area contributed by atoms with Gasteiger partial charge in [0.2, 0.25) is 5.95 Å². The van der Waals surface area contributed by atoms with Crippen LogP contribution in [0.5, 0.6) is 0 Å². The number of aromatic nitrogens is 3. The highest BCUT2D eigenvalue weighted by Crippen LogP contribution is 2.52. The number of allylic oxidation sites excluding steroid dienone is 3. The molecular formula is C60H42N4S. The lowest BCUT2D eigenvalue weighted by molar-refractivity contribution is 0.749. The third-order valence-electron chi connectivity index (χ3n) is 14.2. The number of thiophene rings is 1. The average Bonchev–Trinajstić information content (AvgIpc) is 4.04. The van der Waals surface area contributed by atoms with Gasteiger partial charge in [-0.3, -0.25) is 4.57 Å². The fraction of sp³-hybridized carbons (Fsp3) is 0.100. The first-order chi connectivity index (χ1) is 32.2. The largest absolute Gasteiger partial charge is 0.333 e. The standard InChI is InChI=1S/C60H42N4S/c1-2-14-42(15-3-1)63-54-33-31-41(36-50(54)57-43-16-5-4-13-37(43)29-34-55(57)63)40-30-32-53-49(35-40)45-17-7-10-23-52(45)64(53)60-61-51-22-9-6-19-48(51)58(62-60)39-27-25-38(26-28-39)44-20-12-21-47-46-18-8-11-24-56(46)65-59(44)47/h1-5,7,10-17,19-36,50,54H,6,8-9,18H2. The summed E-state index contributed by atoms with van der Waals surface area (Å²) in [5.74, 6) is 0.898. The molecule has 5 heteroatoms. The van der Waals surface area contributed by atoms with Gasteiger partial charge in [0.15, 0.2) is 0 Å². The van der Waals surface area contributed by atoms with Crippen LogP contribution in [0.15, 0.2) is 176 Å². The molecule has 65 heavy (non-hydrogen) atoms. The molecular weight excluding hydrogens is 809 g/mol. The number of benzene rings is 7. The molecule has 308 valence electrons. The third-order valence-corrected chi connectivity index (χ3v) is 15.5. The highest BCUT2D eigenvalue weighted by molar-refractivity contribution is 7.20. The van der Waals surface area contributed by atoms with Gasteiger partial charge in [-0.15, -0.1) is 11.3 Å². The Labute approximate surface area is 380 Å². The van der Waals surface area contributed by atoms with Gasteiger partial charge in [-0.05, 0) is 118 Å². The monoisotopic (exact) mass is 850 g/mol. The Morgan fingerprint density at radius 3 is 2.31 bits per heavy atom. The van der Waals surface area contributed by atoms with Gasteiger partial charge in [-0.2, -0.15) is 0 Å². The van der Waals surface area contributed by atoms with Crippen LogP contribution in [0.4, 0.5) is 11.4 Å². The normalized spacial score (nSPS) is 17.2. The minimum absolute atomic E-state index is 0.187. The van der Waals surface area contributed by atoms with E-state index >= 15 is 0 Å². The van der Waals surface area contributed by atoms with Crippen LogP contribution < -0.4 is 15.5 Å². The number of rotatable bonds is 5. The molecule has 4 aliphatic rings. The Morgan fingerprint density at radius 2 is 1.38 bits per heavy atom. The van der Waals surface area contributed by atoms with E-state index < -0.39 is 0 Å². The topological polar surface area (TPSA) is 34.0 Å². The Balaban J connectivity index is 0.878. The van der Waals surface area contributed by atoms with Crippen molar-refractivity contribution in [1.29, 1.82) is 0 Å². The first-order valence-corrected chi connectivity index (χ1v) is 23.8. The van der Waals surface area contributed by atoms with E-state index in [4.69, 9.17) is 9.97 Å². The smallest absolute Gasteiger partial charge is 0.235 e. The summed E-state index contributed by atoms with van der Waals surface area (Å²) in [5.41, 5.74) is 14.7. The molecule has 3 aromatic heterocycles. The van der Waals surface area contributed by atoms with Crippen molar-refractivity contribution in [2.45, 2.75) is 37.6 Å². The Bertz CT molecular complexity index is 3850. The van der Waals surface area contributed by atoms with E-state index in [0.717, 1.165) is 58.5 Å². The first-order valence-electron chi connectivity index (χ1n) is 22.9. The van der Waals surface area contributed by atoms with Crippen molar-refractivity contribution >= 4 is 89.2 Å². The van der Waals surface area contributed by atoms with Crippen molar-refractivity contribution in [3.8, 4) is 28.3 Å². The quantitative estimate of drug-likeness (QED) is 0.173. The molecule has 4 nitrogen and oxygen atoms in total. The molecule has 7 aromatic carbocycles. The van der Waals surface area contributed by atoms with E-state index in [1.807, 2.05) is 11.3 Å². The molecule has 1 aliphatic heterocycles. The summed E-state index contributed by atoms with van der Waals surface area (Å²) in [5, 5.41) is 8.52. The summed E-state index contributed by atoms with van der Waals surface area (Å²) in [4.78, 5) is 14.8. The van der Waals surface area contributed by atoms with Crippen LogP contribution in [0.3, 0.4) is 0 Å². The average molecular weight is 851 g/mol. The predicted molar refractivity (Wildman–Crippen MR) is 274 cm³/mol. The summed E-state index contributed by atoms with van der Waals surface area (Å²) in [6.45, 7) is 0. The number of anilines is 2. The van der Waals surface area contributed by atoms with Crippen molar-refractivity contribution in [2.75, 3.05) is 4.90 Å². The van der Waals surface area contributed by atoms with Crippen molar-refractivity contribution in [3.05, 3.63) is 208 Å². The molecule has 0 amide bonds. The van der Waals surface area contributed by atoms with Gasteiger partial charge in [0.25, 0.3) is 0 Å². The number of nitrogens with zero attached hydrogens (tertiary/aromatic N) is 4. The zero-order chi connectivity index (χ0) is 42.6. The molecule has 10 aromatic rings. The molecule has 0 spiro atoms. The van der Waals surface area contributed by atoms with Gasteiger partial charge in [0.05, 0.1) is 28.1 Å². The lowest BCUT2D eigenvalue weighted by atomic mass is 9.84. The Hall–Kier alpha value is -7.60. The van der Waals surface area contributed by atoms with E-state index in [9.17, 15) is 0 Å². The summed E-state index contributed by atoms with van der Waals surface area (Å²) in [6, 6.07) is 56.0. The highest BCUT2D eigenvalue weighted by Gasteiger charge is 2.39. The zero-order valence-electron chi connectivity index (χ0n) is 35.7. The highest BCUT2D eigenvalue weighted by atomic mass is 32.1. The van der Waals surface area contributed by atoms with Gasteiger partial charge >= 0.3 is 0 Å². The summed E-state index contributed by atoms with van der Waals surface area (Å²) in [6.07, 6.45) is 20.7. The second kappa shape index (κ2) is 14.5. The van der Waals surface area contributed by atoms with Crippen LogP contribution in [-0.4, -0.2) is 20.6 Å². The van der Waals surface area contributed by atoms with Crippen LogP contribution in [0.1, 0.15) is 46.7 Å². The van der Waals surface area contributed by atoms with Gasteiger partial charge < -0.3 is 4.90 Å². The molecule has 0 radical (unpaired) electrons. The van der Waals surface area contributed by atoms with E-state index in [2.05, 4.69) is 204 Å². The molecule has 3 aliphatic carbocycles. The van der Waals surface area contributed by atoms with E-state index in [1.54, 1.807) is 0 Å². The summed E-state index contributed by atoms with van der Waals surface area (Å²) < 4.78 is 3.66. The molecule has 0 saturated heterocycles. The number of hydrogen-bond acceptors (Lipinski definition) is 4. The molecule has 2 atom stereocenters. The summed E-state index contributed by atoms with van der Waals surface area (Å²) in [7, 11) is 0. The van der Waals surface area contributed by atoms with Crippen LogP contribution in [-0.2, 0) is 6.42 Å². The van der Waals surface area contributed by atoms with E-state index in [-0.39, 0.29) is 12.0 Å². The molecule has 0 fully saturated rings. The second-order valence-electron chi connectivity index (χ2n) is 17.8. The number of fused-ring (bicyclic) bond motifs is 12. The lowest BCUT2D eigenvalue weighted by Crippen LogP contribution is -2.34. The lowest BCUT2D eigenvalue weighted by Gasteiger charge is -2.29. The third kappa shape index (κ3) is 5.68. The number of aryl methyl sites for hydroxylation is 1. The second-order valence-corrected chi connectivity index (χ2v) is 18.9. The minimum atomic E-state index is 0.187. The maximum atomic E-state index is 5.49. The van der Waals surface area contributed by atoms with E-state index in [1.165, 1.54) is 81.3 Å². The molecule has 4 heterocycles. The predicted octanol–water partition coefficient (Wildman–Crippen LogP) is 13.8. The molecule has 0 N–H and O–H groups in total. The number of para-hydroxylation sites is 2. The Kier molecular flexibility index (Phi) is 8.20. The van der Waals surface area contributed by atoms with Crippen LogP contribution in [0.25, 0.3) is 94.8 Å². The minimum Gasteiger partial charge on any atom is -0.333 e. The van der Waals surface area contributed by atoms with Crippen molar-refractivity contribution in [3.63, 3.8) is 0 Å². The zero-order valence-corrected chi connectivity index (χ0v) is 36.5. The van der Waals surface area contributed by atoms with Gasteiger partial charge in [0, 0.05) is 48.4 Å². The first kappa shape index (κ1) is 36.8. The van der Waals surface area contributed by atoms with Crippen LogP contribution in [0, 0.1) is 0 Å². The van der Waals surface area contributed by atoms with Crippen molar-refractivity contribution < 1.29 is 0 Å². The van der Waals surface area contributed by atoms with Gasteiger partial charge in [-0.1, -0.05) is 152 Å². The number of hydrogen-bond donors (Lipinski definition) is 0. The SMILES string of the molecule is C1=Cc2sc3c(-c4ccc(-c5nc(-n6c7ccccc7c7cc(C8=CC9c%10c(ccc%11ccccc%10%11)N(c%10ccccc%10)C9C=C8)ccc76)nc6c5=CCCC=6)cc4)cccc3c2CC1. The molecule has 0 saturated carbocycles. The van der Waals surface area contributed by atoms with E-state index in [0.29, 0.717) is 5.95 Å². The van der Waals surface area contributed by atoms with Crippen molar-refractivity contribution in [1.82, 2.24) is 14.5 Å². The Morgan fingerprint density at radius 1 is 0.600 bits per heavy atom. The fourth-order valence-electron chi connectivity index (χ4n) is 11.3. The molecule has 2 unspecified atom stereocenters. The molecule has 0 bridgehead atoms. The maximum Gasteiger partial charge on any atom is 0.235 e.